The van der Waals surface area contributed by atoms with Gasteiger partial charge in [0.25, 0.3) is 0 Å². The number of ether oxygens (including phenoxy) is 1. The minimum atomic E-state index is -0.474. The van der Waals surface area contributed by atoms with Crippen LogP contribution in [0.4, 0.5) is 0 Å². The van der Waals surface area contributed by atoms with E-state index in [4.69, 9.17) is 4.74 Å². The number of nitrogens with one attached hydrogen (secondary N) is 1. The van der Waals surface area contributed by atoms with Crippen molar-refractivity contribution in [3.63, 3.8) is 0 Å². The van der Waals surface area contributed by atoms with Crippen molar-refractivity contribution in [2.45, 2.75) is 33.1 Å². The molecule has 168 valence electrons. The summed E-state index contributed by atoms with van der Waals surface area (Å²) in [4.78, 5) is 29.5. The van der Waals surface area contributed by atoms with E-state index in [0.717, 1.165) is 44.7 Å². The van der Waals surface area contributed by atoms with Gasteiger partial charge in [0.15, 0.2) is 0 Å². The monoisotopic (exact) mass is 419 g/mol. The molecular formula is C23H37N3O4. The largest absolute Gasteiger partial charge is 0.508 e. The minimum absolute atomic E-state index is 0.0391. The quantitative estimate of drug-likeness (QED) is 0.533. The molecule has 1 aromatic rings. The Labute approximate surface area is 180 Å². The van der Waals surface area contributed by atoms with Crippen LogP contribution < -0.4 is 5.32 Å². The van der Waals surface area contributed by atoms with Gasteiger partial charge in [0.2, 0.25) is 5.91 Å². The van der Waals surface area contributed by atoms with Crippen LogP contribution in [0.25, 0.3) is 0 Å². The maximum absolute atomic E-state index is 13.0. The molecule has 7 heteroatoms. The summed E-state index contributed by atoms with van der Waals surface area (Å²) in [6.07, 6.45) is 1.43. The van der Waals surface area contributed by atoms with Crippen molar-refractivity contribution in [1.82, 2.24) is 15.1 Å². The number of amides is 1. The van der Waals surface area contributed by atoms with Gasteiger partial charge in [-0.1, -0.05) is 26.0 Å². The fraction of sp³-hybridized carbons (Fsp3) is 0.652. The lowest BCUT2D eigenvalue weighted by atomic mass is 9.94. The Morgan fingerprint density at radius 3 is 2.50 bits per heavy atom. The van der Waals surface area contributed by atoms with E-state index in [1.807, 2.05) is 0 Å². The fourth-order valence-corrected chi connectivity index (χ4v) is 3.52. The van der Waals surface area contributed by atoms with Crippen molar-refractivity contribution in [3.8, 4) is 5.75 Å². The van der Waals surface area contributed by atoms with Gasteiger partial charge >= 0.3 is 5.97 Å². The standard InChI is InChI=1S/C23H37N3O4/c1-18(2)8-11-25(3)23(29)20(16-19-4-6-21(27)7-5-19)17-22(28)30-15-14-26-12-9-24-10-13-26/h4-7,18,20,24,27H,8-17H2,1-3H3/t20-/m1/s1. The molecule has 2 rings (SSSR count). The normalized spacial score (nSPS) is 15.7. The molecule has 1 amide bonds. The number of esters is 1. The number of carbonyl (C=O) groups is 2. The van der Waals surface area contributed by atoms with Crippen molar-refractivity contribution in [3.05, 3.63) is 29.8 Å². The molecule has 2 N–H and O–H groups in total. The van der Waals surface area contributed by atoms with Gasteiger partial charge in [0, 0.05) is 46.3 Å². The molecule has 1 aromatic carbocycles. The molecule has 0 saturated carbocycles. The molecular weight excluding hydrogens is 382 g/mol. The van der Waals surface area contributed by atoms with Gasteiger partial charge in [-0.3, -0.25) is 14.5 Å². The van der Waals surface area contributed by atoms with E-state index in [2.05, 4.69) is 24.1 Å². The Hall–Kier alpha value is -2.12. The fourth-order valence-electron chi connectivity index (χ4n) is 3.52. The van der Waals surface area contributed by atoms with E-state index in [1.54, 1.807) is 36.2 Å². The summed E-state index contributed by atoms with van der Waals surface area (Å²) >= 11 is 0. The number of phenols is 1. The smallest absolute Gasteiger partial charge is 0.306 e. The zero-order chi connectivity index (χ0) is 21.9. The second-order valence-corrected chi connectivity index (χ2v) is 8.53. The van der Waals surface area contributed by atoms with Crippen LogP contribution in [0.1, 0.15) is 32.3 Å². The molecule has 1 atom stereocenters. The first-order chi connectivity index (χ1) is 14.3. The summed E-state index contributed by atoms with van der Waals surface area (Å²) in [7, 11) is 1.80. The summed E-state index contributed by atoms with van der Waals surface area (Å²) in [6, 6.07) is 6.79. The molecule has 0 bridgehead atoms. The second-order valence-electron chi connectivity index (χ2n) is 8.53. The van der Waals surface area contributed by atoms with Crippen LogP contribution in [0.2, 0.25) is 0 Å². The number of hydrogen-bond acceptors (Lipinski definition) is 6. The Bertz CT molecular complexity index is 657. The minimum Gasteiger partial charge on any atom is -0.508 e. The highest BCUT2D eigenvalue weighted by Gasteiger charge is 2.26. The summed E-state index contributed by atoms with van der Waals surface area (Å²) in [6.45, 7) is 9.82. The first-order valence-electron chi connectivity index (χ1n) is 11.0. The van der Waals surface area contributed by atoms with Gasteiger partial charge in [-0.25, -0.2) is 0 Å². The van der Waals surface area contributed by atoms with Crippen LogP contribution in [-0.4, -0.2) is 79.7 Å². The van der Waals surface area contributed by atoms with Crippen LogP contribution in [-0.2, 0) is 20.7 Å². The van der Waals surface area contributed by atoms with Crippen molar-refractivity contribution < 1.29 is 19.4 Å². The van der Waals surface area contributed by atoms with Crippen LogP contribution >= 0.6 is 0 Å². The third kappa shape index (κ3) is 8.71. The number of nitrogens with zero attached hydrogens (tertiary/aromatic N) is 2. The first-order valence-corrected chi connectivity index (χ1v) is 11.0. The van der Waals surface area contributed by atoms with Crippen LogP contribution in [0, 0.1) is 11.8 Å². The molecule has 1 heterocycles. The third-order valence-electron chi connectivity index (χ3n) is 5.48. The summed E-state index contributed by atoms with van der Waals surface area (Å²) in [5.41, 5.74) is 0.914. The zero-order valence-corrected chi connectivity index (χ0v) is 18.6. The molecule has 0 unspecified atom stereocenters. The summed E-state index contributed by atoms with van der Waals surface area (Å²) in [5.74, 6) is -0.158. The van der Waals surface area contributed by atoms with Crippen molar-refractivity contribution in [2.75, 3.05) is 52.9 Å². The highest BCUT2D eigenvalue weighted by atomic mass is 16.5. The lowest BCUT2D eigenvalue weighted by Gasteiger charge is -2.27. The third-order valence-corrected chi connectivity index (χ3v) is 5.48. The molecule has 0 aliphatic carbocycles. The second kappa shape index (κ2) is 12.5. The van der Waals surface area contributed by atoms with Crippen LogP contribution in [0.3, 0.4) is 0 Å². The van der Waals surface area contributed by atoms with Gasteiger partial charge in [0.1, 0.15) is 12.4 Å². The molecule has 1 fully saturated rings. The van der Waals surface area contributed by atoms with E-state index in [9.17, 15) is 14.7 Å². The average Bonchev–Trinajstić information content (AvgIpc) is 2.73. The number of aromatic hydroxyl groups is 1. The number of rotatable bonds is 11. The molecule has 0 aromatic heterocycles. The van der Waals surface area contributed by atoms with Gasteiger partial charge in [0.05, 0.1) is 12.3 Å². The van der Waals surface area contributed by atoms with E-state index < -0.39 is 5.92 Å². The maximum Gasteiger partial charge on any atom is 0.306 e. The molecule has 0 spiro atoms. The highest BCUT2D eigenvalue weighted by Crippen LogP contribution is 2.19. The number of piperazine rings is 1. The lowest BCUT2D eigenvalue weighted by molar-refractivity contribution is -0.149. The van der Waals surface area contributed by atoms with Crippen LogP contribution in [0.15, 0.2) is 24.3 Å². The van der Waals surface area contributed by atoms with E-state index in [1.165, 1.54) is 0 Å². The van der Waals surface area contributed by atoms with Gasteiger partial charge in [-0.05, 0) is 36.5 Å². The van der Waals surface area contributed by atoms with Crippen molar-refractivity contribution in [1.29, 1.82) is 0 Å². The van der Waals surface area contributed by atoms with Gasteiger partial charge in [-0.2, -0.15) is 0 Å². The molecule has 1 aliphatic rings. The summed E-state index contributed by atoms with van der Waals surface area (Å²) < 4.78 is 5.45. The SMILES string of the molecule is CC(C)CCN(C)C(=O)[C@@H](CC(=O)OCCN1CCNCC1)Cc1ccc(O)cc1. The van der Waals surface area contributed by atoms with Gasteiger partial charge < -0.3 is 20.1 Å². The molecule has 1 saturated heterocycles. The average molecular weight is 420 g/mol. The molecule has 1 aliphatic heterocycles. The predicted molar refractivity (Wildman–Crippen MR) is 117 cm³/mol. The zero-order valence-electron chi connectivity index (χ0n) is 18.6. The molecule has 30 heavy (non-hydrogen) atoms. The van der Waals surface area contributed by atoms with Crippen LogP contribution in [0.5, 0.6) is 5.75 Å². The summed E-state index contributed by atoms with van der Waals surface area (Å²) in [5, 5.41) is 12.8. The number of benzene rings is 1. The topological polar surface area (TPSA) is 82.1 Å². The van der Waals surface area contributed by atoms with E-state index >= 15 is 0 Å². The highest BCUT2D eigenvalue weighted by molar-refractivity contribution is 5.84. The Morgan fingerprint density at radius 2 is 1.87 bits per heavy atom. The Kier molecular flexibility index (Phi) is 10.1. The number of phenolic OH excluding ortho intramolecular Hbond substituents is 1. The molecule has 0 radical (unpaired) electrons. The molecule has 7 nitrogen and oxygen atoms in total. The predicted octanol–water partition coefficient (Wildman–Crippen LogP) is 1.89. The number of carbonyl (C=O) groups excluding carboxylic acids is 2. The van der Waals surface area contributed by atoms with Crippen molar-refractivity contribution in [2.24, 2.45) is 11.8 Å². The van der Waals surface area contributed by atoms with Gasteiger partial charge in [-0.15, -0.1) is 0 Å². The lowest BCUT2D eigenvalue weighted by Crippen LogP contribution is -2.44. The Morgan fingerprint density at radius 1 is 1.20 bits per heavy atom. The first kappa shape index (κ1) is 24.2. The van der Waals surface area contributed by atoms with Crippen molar-refractivity contribution >= 4 is 11.9 Å². The van der Waals surface area contributed by atoms with E-state index in [-0.39, 0.29) is 24.0 Å². The van der Waals surface area contributed by atoms with E-state index in [0.29, 0.717) is 25.5 Å². The number of hydrogen-bond donors (Lipinski definition) is 2. The Balaban J connectivity index is 1.92. The maximum atomic E-state index is 13.0.